The zero-order valence-corrected chi connectivity index (χ0v) is 22.3. The summed E-state index contributed by atoms with van der Waals surface area (Å²) in [6, 6.07) is 1.91. The van der Waals surface area contributed by atoms with Gasteiger partial charge in [-0.2, -0.15) is 0 Å². The zero-order chi connectivity index (χ0) is 30.0. The van der Waals surface area contributed by atoms with E-state index in [4.69, 9.17) is 16.6 Å². The van der Waals surface area contributed by atoms with Gasteiger partial charge in [0.15, 0.2) is 0 Å². The molecule has 2 aromatic rings. The monoisotopic (exact) mass is 560 g/mol. The Kier molecular flexibility index (Phi) is 11.6. The molecule has 0 bridgehead atoms. The molecular weight excluding hydrogens is 524 g/mol. The smallest absolute Gasteiger partial charge is 0.326 e. The maximum absolute atomic E-state index is 13.4. The molecule has 1 heterocycles. The molecule has 0 saturated heterocycles. The summed E-state index contributed by atoms with van der Waals surface area (Å²) in [5.41, 5.74) is 12.5. The van der Waals surface area contributed by atoms with Gasteiger partial charge < -0.3 is 42.6 Å². The summed E-state index contributed by atoms with van der Waals surface area (Å²) < 4.78 is 0. The zero-order valence-electron chi connectivity index (χ0n) is 22.3. The van der Waals surface area contributed by atoms with E-state index in [1.807, 2.05) is 12.1 Å². The first-order valence-corrected chi connectivity index (χ1v) is 12.7. The Hall–Kier alpha value is -4.46. The number of hydrogen-bond acceptors (Lipinski definition) is 7. The van der Waals surface area contributed by atoms with Gasteiger partial charge in [0, 0.05) is 29.9 Å². The lowest BCUT2D eigenvalue weighted by atomic mass is 10.0. The molecular formula is C26H36N6O8. The molecule has 4 atom stereocenters. The number of carboxylic acid groups (broad SMARTS) is 2. The lowest BCUT2D eigenvalue weighted by Crippen LogP contribution is -2.58. The van der Waals surface area contributed by atoms with Crippen LogP contribution in [0, 0.1) is 5.92 Å². The van der Waals surface area contributed by atoms with Gasteiger partial charge in [-0.1, -0.05) is 32.0 Å². The van der Waals surface area contributed by atoms with Gasteiger partial charge in [-0.3, -0.25) is 24.0 Å². The van der Waals surface area contributed by atoms with Gasteiger partial charge >= 0.3 is 11.9 Å². The first kappa shape index (κ1) is 31.8. The molecule has 0 spiro atoms. The fourth-order valence-electron chi connectivity index (χ4n) is 4.07. The highest BCUT2D eigenvalue weighted by molar-refractivity contribution is 5.96. The van der Waals surface area contributed by atoms with Gasteiger partial charge in [-0.15, -0.1) is 0 Å². The minimum absolute atomic E-state index is 0.0523. The van der Waals surface area contributed by atoms with Crippen LogP contribution in [0.15, 0.2) is 30.5 Å². The molecule has 14 nitrogen and oxygen atoms in total. The third-order valence-electron chi connectivity index (χ3n) is 6.10. The number of rotatable bonds is 16. The molecule has 1 aromatic heterocycles. The van der Waals surface area contributed by atoms with Gasteiger partial charge in [0.25, 0.3) is 0 Å². The lowest BCUT2D eigenvalue weighted by molar-refractivity contribution is -0.143. The minimum Gasteiger partial charge on any atom is -0.481 e. The molecule has 4 unspecified atom stereocenters. The van der Waals surface area contributed by atoms with Crippen molar-refractivity contribution in [2.75, 3.05) is 0 Å². The van der Waals surface area contributed by atoms with Crippen LogP contribution in [0.1, 0.15) is 45.1 Å². The second-order valence-electron chi connectivity index (χ2n) is 9.92. The highest BCUT2D eigenvalue weighted by Crippen LogP contribution is 2.19. The Bertz CT molecular complexity index is 1240. The molecule has 0 saturated carbocycles. The van der Waals surface area contributed by atoms with E-state index in [9.17, 15) is 33.9 Å². The molecule has 0 aliphatic heterocycles. The van der Waals surface area contributed by atoms with Crippen LogP contribution in [0.25, 0.3) is 10.9 Å². The standard InChI is InChI=1S/C26H36N6O8/c1-13(2)9-20(26(39)40)32-25(38)19(11-21(28)33)31-24(37)18(30-23(36)16(27)7-8-22(34)35)10-14-12-29-17-6-4-3-5-15(14)17/h3-6,12-13,16,18-20,29H,7-11,27H2,1-2H3,(H2,28,33)(H,30,36)(H,31,37)(H,32,38)(H,34,35)(H,39,40). The molecule has 40 heavy (non-hydrogen) atoms. The van der Waals surface area contributed by atoms with Gasteiger partial charge in [0.1, 0.15) is 18.1 Å². The average Bonchev–Trinajstić information content (AvgIpc) is 3.28. The fraction of sp³-hybridized carbons (Fsp3) is 0.462. The number of amides is 4. The van der Waals surface area contributed by atoms with Crippen molar-refractivity contribution in [1.82, 2.24) is 20.9 Å². The van der Waals surface area contributed by atoms with Crippen molar-refractivity contribution in [2.24, 2.45) is 17.4 Å². The maximum atomic E-state index is 13.4. The number of carbonyl (C=O) groups is 6. The third-order valence-corrected chi connectivity index (χ3v) is 6.10. The molecule has 10 N–H and O–H groups in total. The van der Waals surface area contributed by atoms with E-state index in [-0.39, 0.29) is 31.6 Å². The number of carboxylic acids is 2. The number of para-hydroxylation sites is 1. The predicted molar refractivity (Wildman–Crippen MR) is 144 cm³/mol. The number of fused-ring (bicyclic) bond motifs is 1. The van der Waals surface area contributed by atoms with Crippen molar-refractivity contribution >= 4 is 46.5 Å². The van der Waals surface area contributed by atoms with Crippen molar-refractivity contribution < 1.29 is 39.0 Å². The number of aromatic nitrogens is 1. The number of aliphatic carboxylic acids is 2. The van der Waals surface area contributed by atoms with E-state index in [0.29, 0.717) is 5.56 Å². The molecule has 4 amide bonds. The number of benzene rings is 1. The summed E-state index contributed by atoms with van der Waals surface area (Å²) in [6.07, 6.45) is 0.530. The number of carbonyl (C=O) groups excluding carboxylic acids is 4. The normalized spacial score (nSPS) is 14.1. The van der Waals surface area contributed by atoms with Crippen LogP contribution < -0.4 is 27.4 Å². The van der Waals surface area contributed by atoms with E-state index in [1.54, 1.807) is 32.2 Å². The van der Waals surface area contributed by atoms with E-state index in [1.165, 1.54) is 0 Å². The molecule has 0 aliphatic rings. The number of H-pyrrole nitrogens is 1. The molecule has 2 rings (SSSR count). The first-order valence-electron chi connectivity index (χ1n) is 12.7. The van der Waals surface area contributed by atoms with Gasteiger partial charge in [-0.05, 0) is 30.4 Å². The molecule has 0 aliphatic carbocycles. The second-order valence-corrected chi connectivity index (χ2v) is 9.92. The second kappa shape index (κ2) is 14.6. The molecule has 218 valence electrons. The molecule has 0 radical (unpaired) electrons. The van der Waals surface area contributed by atoms with E-state index < -0.39 is 66.2 Å². The van der Waals surface area contributed by atoms with Gasteiger partial charge in [-0.25, -0.2) is 4.79 Å². The highest BCUT2D eigenvalue weighted by Gasteiger charge is 2.32. The number of hydrogen-bond donors (Lipinski definition) is 8. The Morgan fingerprint density at radius 3 is 2.10 bits per heavy atom. The Morgan fingerprint density at radius 2 is 1.50 bits per heavy atom. The van der Waals surface area contributed by atoms with Crippen molar-refractivity contribution in [3.8, 4) is 0 Å². The lowest BCUT2D eigenvalue weighted by Gasteiger charge is -2.25. The maximum Gasteiger partial charge on any atom is 0.326 e. The topological polar surface area (TPSA) is 247 Å². The van der Waals surface area contributed by atoms with Crippen LogP contribution in [0.2, 0.25) is 0 Å². The van der Waals surface area contributed by atoms with Crippen LogP contribution in [0.4, 0.5) is 0 Å². The van der Waals surface area contributed by atoms with Crippen LogP contribution >= 0.6 is 0 Å². The number of nitrogens with one attached hydrogen (secondary N) is 4. The first-order chi connectivity index (χ1) is 18.8. The predicted octanol–water partition coefficient (Wildman–Crippen LogP) is -0.637. The largest absolute Gasteiger partial charge is 0.481 e. The molecule has 1 aromatic carbocycles. The Labute approximate surface area is 230 Å². The van der Waals surface area contributed by atoms with Crippen LogP contribution in [0.5, 0.6) is 0 Å². The number of primary amides is 1. The highest BCUT2D eigenvalue weighted by atomic mass is 16.4. The summed E-state index contributed by atoms with van der Waals surface area (Å²) in [7, 11) is 0. The average molecular weight is 561 g/mol. The number of aromatic amines is 1. The fourth-order valence-corrected chi connectivity index (χ4v) is 4.07. The molecule has 0 fully saturated rings. The third kappa shape index (κ3) is 9.69. The van der Waals surface area contributed by atoms with Crippen molar-refractivity contribution in [2.45, 2.75) is 70.1 Å². The van der Waals surface area contributed by atoms with Gasteiger partial charge in [0.2, 0.25) is 23.6 Å². The summed E-state index contributed by atoms with van der Waals surface area (Å²) >= 11 is 0. The SMILES string of the molecule is CC(C)CC(NC(=O)C(CC(N)=O)NC(=O)C(Cc1c[nH]c2ccccc12)NC(=O)C(N)CCC(=O)O)C(=O)O. The van der Waals surface area contributed by atoms with E-state index in [0.717, 1.165) is 10.9 Å². The van der Waals surface area contributed by atoms with E-state index >= 15 is 0 Å². The molecule has 14 heteroatoms. The Morgan fingerprint density at radius 1 is 0.900 bits per heavy atom. The number of nitrogens with two attached hydrogens (primary N) is 2. The van der Waals surface area contributed by atoms with Crippen molar-refractivity contribution in [3.63, 3.8) is 0 Å². The van der Waals surface area contributed by atoms with Crippen LogP contribution in [-0.4, -0.2) is 74.9 Å². The quantitative estimate of drug-likeness (QED) is 0.130. The van der Waals surface area contributed by atoms with Crippen LogP contribution in [0.3, 0.4) is 0 Å². The van der Waals surface area contributed by atoms with Gasteiger partial charge in [0.05, 0.1) is 12.5 Å². The Balaban J connectivity index is 2.30. The summed E-state index contributed by atoms with van der Waals surface area (Å²) in [5.74, 6) is -6.02. The van der Waals surface area contributed by atoms with E-state index in [2.05, 4.69) is 20.9 Å². The summed E-state index contributed by atoms with van der Waals surface area (Å²) in [5, 5.41) is 26.4. The summed E-state index contributed by atoms with van der Waals surface area (Å²) in [6.45, 7) is 3.54. The van der Waals surface area contributed by atoms with Crippen molar-refractivity contribution in [3.05, 3.63) is 36.0 Å². The summed E-state index contributed by atoms with van der Waals surface area (Å²) in [4.78, 5) is 76.3. The van der Waals surface area contributed by atoms with Crippen molar-refractivity contribution in [1.29, 1.82) is 0 Å². The van der Waals surface area contributed by atoms with Crippen LogP contribution in [-0.2, 0) is 35.2 Å². The minimum atomic E-state index is -1.53.